The van der Waals surface area contributed by atoms with Gasteiger partial charge in [0.1, 0.15) is 17.3 Å². The molecule has 0 spiro atoms. The lowest BCUT2D eigenvalue weighted by Gasteiger charge is -2.37. The molecule has 0 N–H and O–H groups in total. The number of nitrogens with zero attached hydrogens (tertiary/aromatic N) is 1. The van der Waals surface area contributed by atoms with Crippen LogP contribution in [0.15, 0.2) is 47.1 Å². The number of hydrogen-bond donors (Lipinski definition) is 0. The Morgan fingerprint density at radius 1 is 1.09 bits per heavy atom. The van der Waals surface area contributed by atoms with Crippen LogP contribution in [0.2, 0.25) is 0 Å². The van der Waals surface area contributed by atoms with Crippen LogP contribution in [-0.2, 0) is 38.0 Å². The molecule has 4 rings (SSSR count). The molecule has 33 heavy (non-hydrogen) atoms. The quantitative estimate of drug-likeness (QED) is 0.491. The molecule has 2 aliphatic carbocycles. The van der Waals surface area contributed by atoms with Gasteiger partial charge in [0.05, 0.1) is 24.8 Å². The smallest absolute Gasteiger partial charge is 0.306 e. The number of ketones is 1. The van der Waals surface area contributed by atoms with Gasteiger partial charge in [0.2, 0.25) is 10.0 Å². The second-order valence-electron chi connectivity index (χ2n) is 9.70. The predicted molar refractivity (Wildman–Crippen MR) is 122 cm³/mol. The van der Waals surface area contributed by atoms with E-state index in [4.69, 9.17) is 8.60 Å². The summed E-state index contributed by atoms with van der Waals surface area (Å²) in [6, 6.07) is 9.62. The molecule has 2 atom stereocenters. The van der Waals surface area contributed by atoms with Crippen molar-refractivity contribution in [2.45, 2.75) is 46.2 Å². The highest BCUT2D eigenvalue weighted by atomic mass is 32.2. The molecular formula is C23H29NO7S2. The summed E-state index contributed by atoms with van der Waals surface area (Å²) in [6.07, 6.45) is 4.35. The number of rotatable bonds is 9. The van der Waals surface area contributed by atoms with Gasteiger partial charge in [-0.15, -0.1) is 0 Å². The van der Waals surface area contributed by atoms with Gasteiger partial charge in [-0.3, -0.25) is 4.79 Å². The van der Waals surface area contributed by atoms with E-state index in [1.807, 2.05) is 13.8 Å². The van der Waals surface area contributed by atoms with Crippen molar-refractivity contribution in [2.24, 2.45) is 16.7 Å². The first kappa shape index (κ1) is 24.0. The third kappa shape index (κ3) is 4.61. The van der Waals surface area contributed by atoms with Crippen molar-refractivity contribution in [1.82, 2.24) is 4.31 Å². The average molecular weight is 496 g/mol. The molecule has 1 aromatic carbocycles. The molecule has 0 saturated heterocycles. The number of hydrogen-bond acceptors (Lipinski definition) is 7. The molecule has 0 radical (unpaired) electrons. The lowest BCUT2D eigenvalue weighted by molar-refractivity contribution is -0.128. The van der Waals surface area contributed by atoms with Crippen LogP contribution in [0.5, 0.6) is 5.75 Å². The second kappa shape index (κ2) is 8.25. The normalized spacial score (nSPS) is 24.5. The molecule has 2 aromatic rings. The first-order valence-electron chi connectivity index (χ1n) is 10.8. The number of carbonyl (C=O) groups is 1. The van der Waals surface area contributed by atoms with Crippen LogP contribution in [0.1, 0.15) is 44.4 Å². The van der Waals surface area contributed by atoms with Crippen molar-refractivity contribution in [3.8, 4) is 5.75 Å². The van der Waals surface area contributed by atoms with Crippen molar-refractivity contribution in [3.05, 3.63) is 54.0 Å². The minimum atomic E-state index is -3.84. The van der Waals surface area contributed by atoms with Crippen LogP contribution in [0, 0.1) is 16.7 Å². The summed E-state index contributed by atoms with van der Waals surface area (Å²) in [5.41, 5.74) is -0.576. The number of benzene rings is 1. The van der Waals surface area contributed by atoms with Crippen LogP contribution < -0.4 is 4.18 Å². The molecule has 2 fully saturated rings. The molecule has 0 aliphatic heterocycles. The largest absolute Gasteiger partial charge is 0.468 e. The van der Waals surface area contributed by atoms with Crippen LogP contribution in [0.3, 0.4) is 0 Å². The van der Waals surface area contributed by atoms with E-state index in [0.29, 0.717) is 24.2 Å². The third-order valence-corrected chi connectivity index (χ3v) is 9.80. The van der Waals surface area contributed by atoms with Gasteiger partial charge in [-0.25, -0.2) is 8.42 Å². The Hall–Kier alpha value is -2.17. The molecule has 2 saturated carbocycles. The molecule has 2 aliphatic rings. The zero-order valence-electron chi connectivity index (χ0n) is 19.0. The van der Waals surface area contributed by atoms with Crippen LogP contribution in [0.25, 0.3) is 0 Å². The Labute approximate surface area is 195 Å². The summed E-state index contributed by atoms with van der Waals surface area (Å²) in [5, 5.41) is 0. The van der Waals surface area contributed by atoms with E-state index in [9.17, 15) is 21.6 Å². The van der Waals surface area contributed by atoms with Gasteiger partial charge in [-0.2, -0.15) is 12.7 Å². The summed E-state index contributed by atoms with van der Waals surface area (Å²) in [5.74, 6) is 0.692. The van der Waals surface area contributed by atoms with Crippen molar-refractivity contribution in [3.63, 3.8) is 0 Å². The fraction of sp³-hybridized carbons (Fsp3) is 0.522. The molecule has 1 aromatic heterocycles. The summed E-state index contributed by atoms with van der Waals surface area (Å²) in [6.45, 7) is 4.12. The standard InChI is InChI=1S/C23H29NO7S2/c1-22(2)18-10-11-23(22,21(25)13-18)16-33(28,29)24(15-20-5-4-12-30-20)14-17-6-8-19(9-7-17)31-32(3,26)27/h4-9,12,18H,10-11,13-16H2,1-3H3. The molecule has 10 heteroatoms. The molecule has 1 heterocycles. The van der Waals surface area contributed by atoms with E-state index in [0.717, 1.165) is 12.7 Å². The highest BCUT2D eigenvalue weighted by Crippen LogP contribution is 2.64. The zero-order chi connectivity index (χ0) is 24.1. The maximum atomic E-state index is 13.7. The lowest BCUT2D eigenvalue weighted by Crippen LogP contribution is -2.46. The Balaban J connectivity index is 1.61. The monoisotopic (exact) mass is 495 g/mol. The van der Waals surface area contributed by atoms with Crippen LogP contribution in [-0.4, -0.2) is 38.9 Å². The number of carbonyl (C=O) groups excluding carboxylic acids is 1. The minimum Gasteiger partial charge on any atom is -0.468 e. The van der Waals surface area contributed by atoms with E-state index in [1.165, 1.54) is 22.7 Å². The lowest BCUT2D eigenvalue weighted by atomic mass is 9.70. The number of fused-ring (bicyclic) bond motifs is 2. The first-order chi connectivity index (χ1) is 15.3. The predicted octanol–water partition coefficient (Wildman–Crippen LogP) is 3.35. The van der Waals surface area contributed by atoms with Crippen LogP contribution in [0.4, 0.5) is 0 Å². The van der Waals surface area contributed by atoms with Gasteiger partial charge >= 0.3 is 10.1 Å². The van der Waals surface area contributed by atoms with Gasteiger partial charge in [0.25, 0.3) is 0 Å². The summed E-state index contributed by atoms with van der Waals surface area (Å²) >= 11 is 0. The number of sulfonamides is 1. The number of Topliss-reactive ketones (excluding diaryl/α,β-unsaturated/α-hetero) is 1. The highest BCUT2D eigenvalue weighted by molar-refractivity contribution is 7.89. The van der Waals surface area contributed by atoms with Gasteiger partial charge < -0.3 is 8.60 Å². The summed E-state index contributed by atoms with van der Waals surface area (Å²) in [4.78, 5) is 12.9. The minimum absolute atomic E-state index is 0.0328. The summed E-state index contributed by atoms with van der Waals surface area (Å²) in [7, 11) is -7.50. The van der Waals surface area contributed by atoms with Crippen molar-refractivity contribution in [1.29, 1.82) is 0 Å². The van der Waals surface area contributed by atoms with E-state index >= 15 is 0 Å². The highest BCUT2D eigenvalue weighted by Gasteiger charge is 2.65. The van der Waals surface area contributed by atoms with Crippen molar-refractivity contribution >= 4 is 25.9 Å². The molecule has 180 valence electrons. The fourth-order valence-corrected chi connectivity index (χ4v) is 7.98. The van der Waals surface area contributed by atoms with E-state index in [1.54, 1.807) is 24.3 Å². The van der Waals surface area contributed by atoms with E-state index in [2.05, 4.69) is 0 Å². The van der Waals surface area contributed by atoms with Crippen LogP contribution >= 0.6 is 0 Å². The topological polar surface area (TPSA) is 111 Å². The van der Waals surface area contributed by atoms with E-state index < -0.39 is 25.6 Å². The second-order valence-corrected chi connectivity index (χ2v) is 13.2. The number of furan rings is 1. The first-order valence-corrected chi connectivity index (χ1v) is 14.3. The Morgan fingerprint density at radius 2 is 1.79 bits per heavy atom. The average Bonchev–Trinajstić information content (AvgIpc) is 3.34. The molecule has 8 nitrogen and oxygen atoms in total. The van der Waals surface area contributed by atoms with Gasteiger partial charge in [0, 0.05) is 18.4 Å². The zero-order valence-corrected chi connectivity index (χ0v) is 20.6. The fourth-order valence-electron chi connectivity index (χ4n) is 5.37. The molecular weight excluding hydrogens is 466 g/mol. The van der Waals surface area contributed by atoms with Gasteiger partial charge in [-0.1, -0.05) is 26.0 Å². The Morgan fingerprint density at radius 3 is 2.30 bits per heavy atom. The van der Waals surface area contributed by atoms with E-state index in [-0.39, 0.29) is 41.7 Å². The Bertz CT molecular complexity index is 1230. The SMILES string of the molecule is CC1(C)C2CCC1(CS(=O)(=O)N(Cc1ccc(OS(C)(=O)=O)cc1)Cc1ccco1)C(=O)C2. The van der Waals surface area contributed by atoms with Crippen molar-refractivity contribution < 1.29 is 30.2 Å². The third-order valence-electron chi connectivity index (χ3n) is 7.40. The molecule has 2 bridgehead atoms. The Kier molecular flexibility index (Phi) is 5.99. The summed E-state index contributed by atoms with van der Waals surface area (Å²) < 4.78 is 61.7. The van der Waals surface area contributed by atoms with Gasteiger partial charge in [-0.05, 0) is 54.0 Å². The molecule has 0 amide bonds. The van der Waals surface area contributed by atoms with Gasteiger partial charge in [0.15, 0.2) is 0 Å². The van der Waals surface area contributed by atoms with Crippen molar-refractivity contribution in [2.75, 3.05) is 12.0 Å². The maximum Gasteiger partial charge on any atom is 0.306 e. The maximum absolute atomic E-state index is 13.7. The molecule has 2 unspecified atom stereocenters.